The normalized spacial score (nSPS) is 10.5. The number of hydrogen-bond acceptors (Lipinski definition) is 8. The summed E-state index contributed by atoms with van der Waals surface area (Å²) in [6.45, 7) is 1.66. The van der Waals surface area contributed by atoms with E-state index in [0.29, 0.717) is 34.3 Å². The molecule has 0 saturated heterocycles. The highest BCUT2D eigenvalue weighted by atomic mass is 32.2. The van der Waals surface area contributed by atoms with E-state index in [1.165, 1.54) is 17.8 Å². The van der Waals surface area contributed by atoms with Gasteiger partial charge in [-0.2, -0.15) is 15.0 Å². The number of aryl methyl sites for hydroxylation is 1. The lowest BCUT2D eigenvalue weighted by molar-refractivity contribution is -0.113. The maximum absolute atomic E-state index is 13.6. The summed E-state index contributed by atoms with van der Waals surface area (Å²) in [5.41, 5.74) is 7.41. The molecule has 0 radical (unpaired) electrons. The van der Waals surface area contributed by atoms with Crippen molar-refractivity contribution in [3.63, 3.8) is 0 Å². The van der Waals surface area contributed by atoms with Crippen molar-refractivity contribution in [2.45, 2.75) is 12.7 Å². The number of amides is 1. The molecule has 0 spiro atoms. The molecule has 0 aliphatic heterocycles. The van der Waals surface area contributed by atoms with Crippen LogP contribution in [0.1, 0.15) is 11.4 Å². The maximum atomic E-state index is 13.6. The molecule has 0 aliphatic carbocycles. The number of halogens is 1. The summed E-state index contributed by atoms with van der Waals surface area (Å²) < 4.78 is 18.9. The number of benzene rings is 2. The van der Waals surface area contributed by atoms with Crippen molar-refractivity contribution in [2.24, 2.45) is 0 Å². The lowest BCUT2D eigenvalue weighted by Crippen LogP contribution is -2.14. The van der Waals surface area contributed by atoms with Crippen molar-refractivity contribution in [1.29, 1.82) is 0 Å². The zero-order valence-electron chi connectivity index (χ0n) is 16.5. The highest BCUT2D eigenvalue weighted by molar-refractivity contribution is 7.99. The van der Waals surface area contributed by atoms with Gasteiger partial charge in [-0.1, -0.05) is 18.2 Å². The smallest absolute Gasteiger partial charge is 0.234 e. The van der Waals surface area contributed by atoms with Crippen LogP contribution < -0.4 is 21.1 Å². The van der Waals surface area contributed by atoms with Gasteiger partial charge in [-0.3, -0.25) is 4.79 Å². The number of anilines is 4. The van der Waals surface area contributed by atoms with E-state index in [9.17, 15) is 9.18 Å². The fourth-order valence-corrected chi connectivity index (χ4v) is 3.20. The van der Waals surface area contributed by atoms with Gasteiger partial charge < -0.3 is 21.1 Å². The van der Waals surface area contributed by atoms with Crippen LogP contribution in [0, 0.1) is 12.7 Å². The van der Waals surface area contributed by atoms with E-state index in [2.05, 4.69) is 25.6 Å². The highest BCUT2D eigenvalue weighted by Crippen LogP contribution is 2.26. The number of nitrogen functional groups attached to an aromatic ring is 1. The Labute approximate surface area is 177 Å². The summed E-state index contributed by atoms with van der Waals surface area (Å²) in [5, 5.41) is 5.72. The first kappa shape index (κ1) is 21.3. The zero-order chi connectivity index (χ0) is 21.5. The number of ether oxygens (including phenoxy) is 1. The second-order valence-electron chi connectivity index (χ2n) is 6.26. The molecule has 1 heterocycles. The molecule has 0 fully saturated rings. The van der Waals surface area contributed by atoms with Crippen LogP contribution in [0.3, 0.4) is 0 Å². The molecule has 0 atom stereocenters. The first-order chi connectivity index (χ1) is 14.4. The van der Waals surface area contributed by atoms with E-state index in [4.69, 9.17) is 10.5 Å². The van der Waals surface area contributed by atoms with Gasteiger partial charge in [0.25, 0.3) is 0 Å². The molecule has 0 bridgehead atoms. The molecule has 8 nitrogen and oxygen atoms in total. The second kappa shape index (κ2) is 9.88. The molecule has 1 amide bonds. The van der Waals surface area contributed by atoms with E-state index in [1.807, 2.05) is 24.3 Å². The summed E-state index contributed by atoms with van der Waals surface area (Å²) in [6.07, 6.45) is 0. The summed E-state index contributed by atoms with van der Waals surface area (Å²) in [5.74, 6) is 1.30. The van der Waals surface area contributed by atoms with Crippen LogP contribution in [-0.4, -0.2) is 33.7 Å². The highest BCUT2D eigenvalue weighted by Gasteiger charge is 2.10. The third-order valence-electron chi connectivity index (χ3n) is 3.97. The van der Waals surface area contributed by atoms with Gasteiger partial charge in [0.1, 0.15) is 17.4 Å². The fraction of sp³-hybridized carbons (Fsp3) is 0.200. The topological polar surface area (TPSA) is 115 Å². The van der Waals surface area contributed by atoms with Crippen molar-refractivity contribution in [3.05, 3.63) is 59.7 Å². The van der Waals surface area contributed by atoms with Gasteiger partial charge in [-0.05, 0) is 36.8 Å². The van der Waals surface area contributed by atoms with Gasteiger partial charge in [0.05, 0.1) is 24.3 Å². The monoisotopic (exact) mass is 428 g/mol. The molecular weight excluding hydrogens is 407 g/mol. The molecule has 30 heavy (non-hydrogen) atoms. The second-order valence-corrected chi connectivity index (χ2v) is 7.25. The fourth-order valence-electron chi connectivity index (χ4n) is 2.53. The number of hydrogen-bond donors (Lipinski definition) is 3. The summed E-state index contributed by atoms with van der Waals surface area (Å²) >= 11 is 1.31. The van der Waals surface area contributed by atoms with Crippen molar-refractivity contribution >= 4 is 40.9 Å². The van der Waals surface area contributed by atoms with Crippen LogP contribution in [0.15, 0.2) is 42.5 Å². The first-order valence-electron chi connectivity index (χ1n) is 8.99. The molecule has 0 unspecified atom stereocenters. The quantitative estimate of drug-likeness (QED) is 0.499. The number of nitrogens with one attached hydrogen (secondary N) is 2. The number of nitrogens with two attached hydrogens (primary N) is 1. The van der Waals surface area contributed by atoms with Crippen LogP contribution in [0.4, 0.5) is 27.7 Å². The van der Waals surface area contributed by atoms with Gasteiger partial charge in [0.15, 0.2) is 0 Å². The van der Waals surface area contributed by atoms with E-state index < -0.39 is 0 Å². The molecule has 3 rings (SSSR count). The van der Waals surface area contributed by atoms with Gasteiger partial charge in [0, 0.05) is 5.69 Å². The molecule has 156 valence electrons. The first-order valence-corrected chi connectivity index (χ1v) is 10.1. The number of para-hydroxylation sites is 2. The third kappa shape index (κ3) is 5.80. The molecule has 4 N–H and O–H groups in total. The van der Waals surface area contributed by atoms with Crippen LogP contribution in [-0.2, 0) is 10.5 Å². The molecule has 0 saturated carbocycles. The van der Waals surface area contributed by atoms with E-state index in [-0.39, 0.29) is 29.4 Å². The van der Waals surface area contributed by atoms with Crippen molar-refractivity contribution < 1.29 is 13.9 Å². The van der Waals surface area contributed by atoms with Gasteiger partial charge in [-0.15, -0.1) is 11.8 Å². The average Bonchev–Trinajstić information content (AvgIpc) is 2.71. The molecular formula is C20H21FN6O2S. The van der Waals surface area contributed by atoms with Crippen molar-refractivity contribution in [1.82, 2.24) is 15.0 Å². The lowest BCUT2D eigenvalue weighted by atomic mass is 10.2. The van der Waals surface area contributed by atoms with Crippen LogP contribution in [0.5, 0.6) is 5.75 Å². The molecule has 1 aromatic heterocycles. The summed E-state index contributed by atoms with van der Waals surface area (Å²) in [7, 11) is 1.57. The van der Waals surface area contributed by atoms with Crippen LogP contribution in [0.25, 0.3) is 0 Å². The Morgan fingerprint density at radius 3 is 2.77 bits per heavy atom. The minimum Gasteiger partial charge on any atom is -0.495 e. The molecule has 2 aromatic carbocycles. The van der Waals surface area contributed by atoms with E-state index in [0.717, 1.165) is 0 Å². The predicted octanol–water partition coefficient (Wildman–Crippen LogP) is 3.53. The van der Waals surface area contributed by atoms with Crippen LogP contribution in [0.2, 0.25) is 0 Å². The Morgan fingerprint density at radius 1 is 1.20 bits per heavy atom. The van der Waals surface area contributed by atoms with Gasteiger partial charge >= 0.3 is 0 Å². The Kier molecular flexibility index (Phi) is 7.02. The SMILES string of the molecule is COc1ccccc1Nc1nc(N)nc(CSCC(=O)Nc2ccc(C)c(F)c2)n1. The number of carbonyl (C=O) groups excluding carboxylic acids is 1. The zero-order valence-corrected chi connectivity index (χ0v) is 17.3. The third-order valence-corrected chi connectivity index (χ3v) is 4.90. The molecule has 10 heteroatoms. The van der Waals surface area contributed by atoms with E-state index >= 15 is 0 Å². The van der Waals surface area contributed by atoms with E-state index in [1.54, 1.807) is 26.2 Å². The standard InChI is InChI=1S/C20H21FN6O2S/c1-12-7-8-13(9-14(12)21)23-18(28)11-30-10-17-25-19(22)27-20(26-17)24-15-5-3-4-6-16(15)29-2/h3-9H,10-11H2,1-2H3,(H,23,28)(H3,22,24,25,26,27). The number of methoxy groups -OCH3 is 1. The number of thioether (sulfide) groups is 1. The summed E-state index contributed by atoms with van der Waals surface area (Å²) in [4.78, 5) is 24.6. The number of nitrogens with zero attached hydrogens (tertiary/aromatic N) is 3. The Hall–Kier alpha value is -3.40. The Balaban J connectivity index is 1.57. The number of carbonyl (C=O) groups is 1. The maximum Gasteiger partial charge on any atom is 0.234 e. The van der Waals surface area contributed by atoms with Gasteiger partial charge in [0.2, 0.25) is 17.8 Å². The van der Waals surface area contributed by atoms with Crippen LogP contribution >= 0.6 is 11.8 Å². The largest absolute Gasteiger partial charge is 0.495 e. The van der Waals surface area contributed by atoms with Crippen molar-refractivity contribution in [2.75, 3.05) is 29.2 Å². The van der Waals surface area contributed by atoms with Crippen molar-refractivity contribution in [3.8, 4) is 5.75 Å². The minimum absolute atomic E-state index is 0.0672. The summed E-state index contributed by atoms with van der Waals surface area (Å²) in [6, 6.07) is 11.9. The lowest BCUT2D eigenvalue weighted by Gasteiger charge is -2.10. The minimum atomic E-state index is -0.365. The predicted molar refractivity (Wildman–Crippen MR) is 116 cm³/mol. The average molecular weight is 428 g/mol. The molecule has 0 aliphatic rings. The Bertz CT molecular complexity index is 1050. The number of aromatic nitrogens is 3. The molecule has 3 aromatic rings. The van der Waals surface area contributed by atoms with Gasteiger partial charge in [-0.25, -0.2) is 4.39 Å². The Morgan fingerprint density at radius 2 is 2.00 bits per heavy atom. The number of rotatable bonds is 8.